The van der Waals surface area contributed by atoms with Gasteiger partial charge < -0.3 is 8.98 Å². The van der Waals surface area contributed by atoms with Gasteiger partial charge in [-0.05, 0) is 42.0 Å². The van der Waals surface area contributed by atoms with E-state index in [0.29, 0.717) is 17.5 Å². The van der Waals surface area contributed by atoms with Gasteiger partial charge in [0.05, 0.1) is 22.3 Å². The lowest BCUT2D eigenvalue weighted by Crippen LogP contribution is -2.00. The Hall–Kier alpha value is -7.41. The third kappa shape index (κ3) is 4.91. The van der Waals surface area contributed by atoms with E-state index in [1.807, 2.05) is 78.1 Å². The first-order valence-electron chi connectivity index (χ1n) is 19.0. The van der Waals surface area contributed by atoms with Crippen molar-refractivity contribution in [2.24, 2.45) is 0 Å². The van der Waals surface area contributed by atoms with E-state index in [-0.39, 0.29) is 0 Å². The molecule has 12 rings (SSSR count). The minimum absolute atomic E-state index is 0.568. The molecule has 12 aromatic rings. The predicted octanol–water partition coefficient (Wildman–Crippen LogP) is 13.9. The van der Waals surface area contributed by atoms with Crippen LogP contribution in [0, 0.1) is 0 Å². The average molecular weight is 747 g/mol. The molecule has 0 radical (unpaired) electrons. The van der Waals surface area contributed by atoms with Crippen LogP contribution in [0.3, 0.4) is 0 Å². The molecular formula is C51H30N4OS. The SMILES string of the molecule is c1ccc(-c2nc(-c3ccccc3)nc(-c3cccc4c3oc3cccc(-c5cccc6c5sc5cccc(-n7c8ccccc8c8ccccc87)c56)c34)n2)cc1. The van der Waals surface area contributed by atoms with Crippen molar-refractivity contribution in [2.75, 3.05) is 0 Å². The van der Waals surface area contributed by atoms with Crippen molar-refractivity contribution in [2.45, 2.75) is 0 Å². The molecule has 0 aliphatic rings. The van der Waals surface area contributed by atoms with E-state index in [4.69, 9.17) is 19.4 Å². The topological polar surface area (TPSA) is 56.7 Å². The van der Waals surface area contributed by atoms with Gasteiger partial charge in [-0.15, -0.1) is 11.3 Å². The van der Waals surface area contributed by atoms with Gasteiger partial charge in [0.25, 0.3) is 0 Å². The third-order valence-electron chi connectivity index (χ3n) is 11.1. The van der Waals surface area contributed by atoms with Gasteiger partial charge in [0.1, 0.15) is 11.2 Å². The van der Waals surface area contributed by atoms with Crippen molar-refractivity contribution in [3.05, 3.63) is 182 Å². The van der Waals surface area contributed by atoms with Crippen molar-refractivity contribution in [1.29, 1.82) is 0 Å². The summed E-state index contributed by atoms with van der Waals surface area (Å²) in [6.45, 7) is 0. The van der Waals surface area contributed by atoms with Gasteiger partial charge in [0, 0.05) is 58.4 Å². The fourth-order valence-corrected chi connectivity index (χ4v) is 9.84. The van der Waals surface area contributed by atoms with Crippen molar-refractivity contribution < 1.29 is 4.42 Å². The molecule has 0 bridgehead atoms. The second-order valence-corrected chi connectivity index (χ2v) is 15.4. The summed E-state index contributed by atoms with van der Waals surface area (Å²) in [5.74, 6) is 1.80. The fraction of sp³-hybridized carbons (Fsp3) is 0. The number of furan rings is 1. The number of benzene rings is 8. The number of hydrogen-bond donors (Lipinski definition) is 0. The Balaban J connectivity index is 1.07. The van der Waals surface area contributed by atoms with E-state index in [0.717, 1.165) is 44.2 Å². The van der Waals surface area contributed by atoms with Crippen LogP contribution in [-0.4, -0.2) is 19.5 Å². The van der Waals surface area contributed by atoms with Crippen LogP contribution in [-0.2, 0) is 0 Å². The Morgan fingerprint density at radius 1 is 0.404 bits per heavy atom. The molecule has 4 heterocycles. The molecule has 0 aliphatic carbocycles. The summed E-state index contributed by atoms with van der Waals surface area (Å²) < 4.78 is 11.7. The van der Waals surface area contributed by atoms with Crippen LogP contribution in [0.2, 0.25) is 0 Å². The van der Waals surface area contributed by atoms with Crippen LogP contribution in [0.25, 0.3) is 115 Å². The lowest BCUT2D eigenvalue weighted by molar-refractivity contribution is 0.669. The minimum atomic E-state index is 0.568. The summed E-state index contributed by atoms with van der Waals surface area (Å²) in [4.78, 5) is 15.0. The molecular weight excluding hydrogens is 717 g/mol. The maximum Gasteiger partial charge on any atom is 0.167 e. The van der Waals surface area contributed by atoms with Crippen LogP contribution in [0.5, 0.6) is 0 Å². The normalized spacial score (nSPS) is 11.9. The zero-order chi connectivity index (χ0) is 37.5. The number of hydrogen-bond acceptors (Lipinski definition) is 5. The summed E-state index contributed by atoms with van der Waals surface area (Å²) in [7, 11) is 0. The van der Waals surface area contributed by atoms with Crippen LogP contribution < -0.4 is 0 Å². The molecule has 0 spiro atoms. The first-order valence-corrected chi connectivity index (χ1v) is 19.8. The monoisotopic (exact) mass is 746 g/mol. The third-order valence-corrected chi connectivity index (χ3v) is 12.3. The highest BCUT2D eigenvalue weighted by atomic mass is 32.1. The molecule has 266 valence electrons. The van der Waals surface area contributed by atoms with Crippen LogP contribution in [0.1, 0.15) is 0 Å². The van der Waals surface area contributed by atoms with Crippen LogP contribution >= 0.6 is 11.3 Å². The number of thiophene rings is 1. The molecule has 0 fully saturated rings. The quantitative estimate of drug-likeness (QED) is 0.176. The second kappa shape index (κ2) is 12.6. The minimum Gasteiger partial charge on any atom is -0.455 e. The van der Waals surface area contributed by atoms with Gasteiger partial charge >= 0.3 is 0 Å². The van der Waals surface area contributed by atoms with E-state index < -0.39 is 0 Å². The van der Waals surface area contributed by atoms with E-state index >= 15 is 0 Å². The molecule has 0 aliphatic heterocycles. The lowest BCUT2D eigenvalue weighted by Gasteiger charge is -2.10. The molecule has 4 aromatic heterocycles. The molecule has 8 aromatic carbocycles. The number of rotatable bonds is 5. The molecule has 0 saturated heterocycles. The molecule has 57 heavy (non-hydrogen) atoms. The van der Waals surface area contributed by atoms with Crippen LogP contribution in [0.4, 0.5) is 0 Å². The first kappa shape index (κ1) is 31.9. The largest absolute Gasteiger partial charge is 0.455 e. The number of para-hydroxylation sites is 3. The zero-order valence-corrected chi connectivity index (χ0v) is 31.2. The summed E-state index contributed by atoms with van der Waals surface area (Å²) in [5, 5.41) is 7.10. The zero-order valence-electron chi connectivity index (χ0n) is 30.4. The highest BCUT2D eigenvalue weighted by molar-refractivity contribution is 7.26. The Morgan fingerprint density at radius 3 is 1.65 bits per heavy atom. The van der Waals surface area contributed by atoms with E-state index in [1.54, 1.807) is 0 Å². The van der Waals surface area contributed by atoms with E-state index in [1.165, 1.54) is 53.2 Å². The predicted molar refractivity (Wildman–Crippen MR) is 236 cm³/mol. The molecule has 0 amide bonds. The second-order valence-electron chi connectivity index (χ2n) is 14.3. The molecule has 0 saturated carbocycles. The number of nitrogens with zero attached hydrogens (tertiary/aromatic N) is 4. The Labute approximate surface area is 330 Å². The van der Waals surface area contributed by atoms with Crippen molar-refractivity contribution >= 4 is 75.3 Å². The fourth-order valence-electron chi connectivity index (χ4n) is 8.59. The maximum absolute atomic E-state index is 6.81. The molecule has 0 N–H and O–H groups in total. The Kier molecular flexibility index (Phi) is 7.03. The molecule has 0 unspecified atom stereocenters. The Bertz CT molecular complexity index is 3420. The number of aromatic nitrogens is 4. The standard InChI is InChI=1S/C51H30N4OS/c1-3-15-31(16-4-1)49-52-50(32-17-5-2-6-18-32)54-51(53-49)39-25-12-23-37-45-35(21-13-29-43(45)56-47(37)39)36-22-11-24-38-46-42(28-14-30-44(46)57-48(36)38)55-40-26-9-7-19-33(40)34-20-8-10-27-41(34)55/h1-30H. The molecule has 6 heteroatoms. The van der Waals surface area contributed by atoms with Gasteiger partial charge in [0.2, 0.25) is 0 Å². The summed E-state index contributed by atoms with van der Waals surface area (Å²) >= 11 is 1.85. The smallest absolute Gasteiger partial charge is 0.167 e. The number of fused-ring (bicyclic) bond motifs is 9. The molecule has 5 nitrogen and oxygen atoms in total. The van der Waals surface area contributed by atoms with Gasteiger partial charge in [0.15, 0.2) is 17.5 Å². The van der Waals surface area contributed by atoms with Gasteiger partial charge in [-0.2, -0.15) is 0 Å². The lowest BCUT2D eigenvalue weighted by atomic mass is 9.97. The van der Waals surface area contributed by atoms with Crippen molar-refractivity contribution in [3.8, 4) is 51.0 Å². The highest BCUT2D eigenvalue weighted by Gasteiger charge is 2.22. The summed E-state index contributed by atoms with van der Waals surface area (Å²) in [6, 6.07) is 63.7. The van der Waals surface area contributed by atoms with E-state index in [9.17, 15) is 0 Å². The molecule has 0 atom stereocenters. The Morgan fingerprint density at radius 2 is 0.947 bits per heavy atom. The average Bonchev–Trinajstić information content (AvgIpc) is 3.97. The van der Waals surface area contributed by atoms with Crippen molar-refractivity contribution in [1.82, 2.24) is 19.5 Å². The maximum atomic E-state index is 6.81. The van der Waals surface area contributed by atoms with Gasteiger partial charge in [-0.1, -0.05) is 146 Å². The van der Waals surface area contributed by atoms with E-state index in [2.05, 4.69) is 120 Å². The van der Waals surface area contributed by atoms with Crippen LogP contribution in [0.15, 0.2) is 186 Å². The van der Waals surface area contributed by atoms with Gasteiger partial charge in [-0.3, -0.25) is 0 Å². The summed E-state index contributed by atoms with van der Waals surface area (Å²) in [5.41, 5.74) is 10.2. The first-order chi connectivity index (χ1) is 28.3. The summed E-state index contributed by atoms with van der Waals surface area (Å²) in [6.07, 6.45) is 0. The van der Waals surface area contributed by atoms with Crippen molar-refractivity contribution in [3.63, 3.8) is 0 Å². The highest BCUT2D eigenvalue weighted by Crippen LogP contribution is 2.47. The van der Waals surface area contributed by atoms with Gasteiger partial charge in [-0.25, -0.2) is 15.0 Å².